The topological polar surface area (TPSA) is 68.2 Å². The number of aromatic nitrogens is 1. The first kappa shape index (κ1) is 23.2. The predicted molar refractivity (Wildman–Crippen MR) is 121 cm³/mol. The molecule has 1 aromatic heterocycles. The SMILES string of the molecule is CN=C(NCc1cccnc1OC)N1CCC(OCC2CCCCO2)CC1.I. The molecule has 3 rings (SSSR count). The van der Waals surface area contributed by atoms with Gasteiger partial charge in [-0.2, -0.15) is 0 Å². The summed E-state index contributed by atoms with van der Waals surface area (Å²) in [4.78, 5) is 11.0. The van der Waals surface area contributed by atoms with Gasteiger partial charge in [0.25, 0.3) is 0 Å². The monoisotopic (exact) mass is 504 g/mol. The van der Waals surface area contributed by atoms with Gasteiger partial charge >= 0.3 is 0 Å². The van der Waals surface area contributed by atoms with E-state index < -0.39 is 0 Å². The van der Waals surface area contributed by atoms with Gasteiger partial charge in [-0.1, -0.05) is 6.07 Å². The molecule has 158 valence electrons. The van der Waals surface area contributed by atoms with Crippen LogP contribution in [-0.2, 0) is 16.0 Å². The number of halogens is 1. The van der Waals surface area contributed by atoms with Gasteiger partial charge in [0.15, 0.2) is 5.96 Å². The highest BCUT2D eigenvalue weighted by molar-refractivity contribution is 14.0. The van der Waals surface area contributed by atoms with E-state index in [0.29, 0.717) is 24.6 Å². The number of hydrogen-bond donors (Lipinski definition) is 1. The smallest absolute Gasteiger partial charge is 0.218 e. The molecular weight excluding hydrogens is 471 g/mol. The lowest BCUT2D eigenvalue weighted by atomic mass is 10.1. The highest BCUT2D eigenvalue weighted by atomic mass is 127. The molecule has 2 fully saturated rings. The lowest BCUT2D eigenvalue weighted by Gasteiger charge is -2.35. The van der Waals surface area contributed by atoms with E-state index in [1.54, 1.807) is 13.3 Å². The Bertz CT molecular complexity index is 603. The van der Waals surface area contributed by atoms with Gasteiger partial charge in [0.1, 0.15) is 0 Å². The molecule has 1 atom stereocenters. The lowest BCUT2D eigenvalue weighted by Crippen LogP contribution is -2.47. The van der Waals surface area contributed by atoms with Crippen LogP contribution in [0.25, 0.3) is 0 Å². The van der Waals surface area contributed by atoms with Crippen LogP contribution < -0.4 is 10.1 Å². The minimum Gasteiger partial charge on any atom is -0.481 e. The second-order valence-electron chi connectivity index (χ2n) is 7.08. The third-order valence-electron chi connectivity index (χ3n) is 5.23. The molecule has 2 saturated heterocycles. The number of methoxy groups -OCH3 is 1. The number of rotatable bonds is 6. The molecule has 0 bridgehead atoms. The van der Waals surface area contributed by atoms with Crippen molar-refractivity contribution in [3.63, 3.8) is 0 Å². The number of piperidine rings is 1. The Kier molecular flexibility index (Phi) is 10.3. The third kappa shape index (κ3) is 6.73. The van der Waals surface area contributed by atoms with Crippen molar-refractivity contribution in [2.24, 2.45) is 4.99 Å². The molecule has 3 heterocycles. The van der Waals surface area contributed by atoms with E-state index in [9.17, 15) is 0 Å². The number of pyridine rings is 1. The van der Waals surface area contributed by atoms with Crippen LogP contribution in [0.3, 0.4) is 0 Å². The van der Waals surface area contributed by atoms with Crippen LogP contribution in [0, 0.1) is 0 Å². The Labute approximate surface area is 185 Å². The van der Waals surface area contributed by atoms with Crippen LogP contribution in [-0.4, -0.2) is 68.5 Å². The fourth-order valence-corrected chi connectivity index (χ4v) is 3.67. The first-order valence-corrected chi connectivity index (χ1v) is 9.97. The number of nitrogens with zero attached hydrogens (tertiary/aromatic N) is 3. The normalized spacial score (nSPS) is 21.1. The summed E-state index contributed by atoms with van der Waals surface area (Å²) in [7, 11) is 3.47. The second-order valence-corrected chi connectivity index (χ2v) is 7.08. The minimum absolute atomic E-state index is 0. The van der Waals surface area contributed by atoms with Crippen molar-refractivity contribution >= 4 is 29.9 Å². The molecule has 0 amide bonds. The maximum atomic E-state index is 6.11. The van der Waals surface area contributed by atoms with Crippen molar-refractivity contribution in [3.8, 4) is 5.88 Å². The molecule has 0 spiro atoms. The van der Waals surface area contributed by atoms with Gasteiger partial charge in [-0.15, -0.1) is 24.0 Å². The van der Waals surface area contributed by atoms with Crippen LogP contribution in [0.5, 0.6) is 5.88 Å². The molecule has 0 radical (unpaired) electrons. The summed E-state index contributed by atoms with van der Waals surface area (Å²) in [5.74, 6) is 1.56. The zero-order valence-electron chi connectivity index (χ0n) is 16.9. The maximum Gasteiger partial charge on any atom is 0.218 e. The fraction of sp³-hybridized carbons (Fsp3) is 0.700. The lowest BCUT2D eigenvalue weighted by molar-refractivity contribution is -0.0721. The number of likely N-dealkylation sites (tertiary alicyclic amines) is 1. The van der Waals surface area contributed by atoms with Gasteiger partial charge in [0.2, 0.25) is 5.88 Å². The summed E-state index contributed by atoms with van der Waals surface area (Å²) in [5.41, 5.74) is 1.02. The van der Waals surface area contributed by atoms with E-state index in [1.165, 1.54) is 12.8 Å². The second kappa shape index (κ2) is 12.4. The van der Waals surface area contributed by atoms with E-state index >= 15 is 0 Å². The third-order valence-corrected chi connectivity index (χ3v) is 5.23. The van der Waals surface area contributed by atoms with Crippen LogP contribution in [0.4, 0.5) is 0 Å². The standard InChI is InChI=1S/C20H32N4O3.HI/c1-21-20(23-14-16-6-5-10-22-19(16)25-2)24-11-8-17(9-12-24)27-15-18-7-3-4-13-26-18;/h5-6,10,17-18H,3-4,7-9,11-15H2,1-2H3,(H,21,23);1H. The molecular formula is C20H33IN4O3. The van der Waals surface area contributed by atoms with Crippen LogP contribution in [0.15, 0.2) is 23.3 Å². The number of guanidine groups is 1. The summed E-state index contributed by atoms with van der Waals surface area (Å²) < 4.78 is 17.2. The average Bonchev–Trinajstić information content (AvgIpc) is 2.74. The molecule has 1 unspecified atom stereocenters. The van der Waals surface area contributed by atoms with E-state index in [0.717, 1.165) is 57.1 Å². The maximum absolute atomic E-state index is 6.11. The molecule has 2 aliphatic rings. The Morgan fingerprint density at radius 2 is 2.14 bits per heavy atom. The molecule has 0 aromatic carbocycles. The summed E-state index contributed by atoms with van der Waals surface area (Å²) >= 11 is 0. The quantitative estimate of drug-likeness (QED) is 0.365. The van der Waals surface area contributed by atoms with Gasteiger partial charge in [0.05, 0.1) is 25.9 Å². The molecule has 28 heavy (non-hydrogen) atoms. The van der Waals surface area contributed by atoms with E-state index in [1.807, 2.05) is 19.2 Å². The van der Waals surface area contributed by atoms with Gasteiger partial charge in [-0.05, 0) is 38.2 Å². The van der Waals surface area contributed by atoms with Crippen LogP contribution in [0.1, 0.15) is 37.7 Å². The Hall–Kier alpha value is -1.13. The first-order chi connectivity index (χ1) is 13.3. The van der Waals surface area contributed by atoms with Crippen molar-refractivity contribution in [2.75, 3.05) is 40.5 Å². The molecule has 1 aromatic rings. The van der Waals surface area contributed by atoms with E-state index in [2.05, 4.69) is 20.2 Å². The van der Waals surface area contributed by atoms with E-state index in [-0.39, 0.29) is 24.0 Å². The van der Waals surface area contributed by atoms with Crippen molar-refractivity contribution in [1.82, 2.24) is 15.2 Å². The van der Waals surface area contributed by atoms with Gasteiger partial charge in [-0.3, -0.25) is 4.99 Å². The molecule has 2 aliphatic heterocycles. The van der Waals surface area contributed by atoms with Gasteiger partial charge in [-0.25, -0.2) is 4.98 Å². The fourth-order valence-electron chi connectivity index (χ4n) is 3.67. The number of aliphatic imine (C=N–C) groups is 1. The first-order valence-electron chi connectivity index (χ1n) is 9.97. The van der Waals surface area contributed by atoms with Crippen molar-refractivity contribution in [2.45, 2.75) is 50.9 Å². The molecule has 7 nitrogen and oxygen atoms in total. The van der Waals surface area contributed by atoms with Crippen LogP contribution >= 0.6 is 24.0 Å². The molecule has 8 heteroatoms. The minimum atomic E-state index is 0. The Balaban J connectivity index is 0.00000280. The highest BCUT2D eigenvalue weighted by Gasteiger charge is 2.23. The molecule has 1 N–H and O–H groups in total. The summed E-state index contributed by atoms with van der Waals surface area (Å²) in [6.07, 6.45) is 7.96. The van der Waals surface area contributed by atoms with Gasteiger partial charge in [0, 0.05) is 45.0 Å². The number of hydrogen-bond acceptors (Lipinski definition) is 5. The molecule has 0 saturated carbocycles. The Morgan fingerprint density at radius 1 is 1.32 bits per heavy atom. The summed E-state index contributed by atoms with van der Waals surface area (Å²) in [6, 6.07) is 3.93. The van der Waals surface area contributed by atoms with Crippen LogP contribution in [0.2, 0.25) is 0 Å². The number of ether oxygens (including phenoxy) is 3. The van der Waals surface area contributed by atoms with Crippen molar-refractivity contribution in [1.29, 1.82) is 0 Å². The summed E-state index contributed by atoms with van der Waals surface area (Å²) in [5, 5.41) is 3.42. The average molecular weight is 504 g/mol. The van der Waals surface area contributed by atoms with Gasteiger partial charge < -0.3 is 24.4 Å². The highest BCUT2D eigenvalue weighted by Crippen LogP contribution is 2.18. The Morgan fingerprint density at radius 3 is 2.82 bits per heavy atom. The predicted octanol–water partition coefficient (Wildman–Crippen LogP) is 2.83. The van der Waals surface area contributed by atoms with Crippen molar-refractivity contribution < 1.29 is 14.2 Å². The van der Waals surface area contributed by atoms with Crippen molar-refractivity contribution in [3.05, 3.63) is 23.9 Å². The largest absolute Gasteiger partial charge is 0.481 e. The zero-order valence-corrected chi connectivity index (χ0v) is 19.3. The van der Waals surface area contributed by atoms with E-state index in [4.69, 9.17) is 14.2 Å². The zero-order chi connectivity index (χ0) is 18.9. The summed E-state index contributed by atoms with van der Waals surface area (Å²) in [6.45, 7) is 4.15. The number of nitrogens with one attached hydrogen (secondary N) is 1. The molecule has 0 aliphatic carbocycles.